The molecule has 3 atom stereocenters. The fourth-order valence-electron chi connectivity index (χ4n) is 4.15. The smallest absolute Gasteiger partial charge is 0.337 e. The van der Waals surface area contributed by atoms with Crippen LogP contribution in [0, 0.1) is 5.92 Å². The number of para-hydroxylation sites is 2. The molecule has 0 fully saturated rings. The summed E-state index contributed by atoms with van der Waals surface area (Å²) in [5.74, 6) is -1.48. The highest BCUT2D eigenvalue weighted by Crippen LogP contribution is 2.39. The lowest BCUT2D eigenvalue weighted by Gasteiger charge is -2.37. The van der Waals surface area contributed by atoms with Crippen molar-refractivity contribution in [3.63, 3.8) is 0 Å². The Morgan fingerprint density at radius 2 is 1.71 bits per heavy atom. The maximum absolute atomic E-state index is 13.1. The van der Waals surface area contributed by atoms with Gasteiger partial charge >= 0.3 is 5.97 Å². The monoisotopic (exact) mass is 529 g/mol. The van der Waals surface area contributed by atoms with Crippen molar-refractivity contribution < 1.29 is 43.5 Å². The molecule has 1 aliphatic heterocycles. The van der Waals surface area contributed by atoms with Crippen LogP contribution >= 0.6 is 0 Å². The number of nitrogens with one attached hydrogen (secondary N) is 1. The molecule has 0 saturated carbocycles. The summed E-state index contributed by atoms with van der Waals surface area (Å²) >= 11 is 0. The molecule has 0 aliphatic carbocycles. The second kappa shape index (κ2) is 15.1. The van der Waals surface area contributed by atoms with Gasteiger partial charge in [0.2, 0.25) is 6.29 Å². The molecule has 0 saturated heterocycles. The predicted molar refractivity (Wildman–Crippen MR) is 139 cm³/mol. The van der Waals surface area contributed by atoms with Crippen molar-refractivity contribution in [2.75, 3.05) is 52.1 Å². The number of phenolic OH excluding ortho intramolecular Hbond substituents is 1. The van der Waals surface area contributed by atoms with Crippen molar-refractivity contribution in [2.45, 2.75) is 25.6 Å². The SMILES string of the molecule is CCO[C@@H]1OC(C(=O)Nc2ccccc2O)=C[C@H](c2ccc(C(=O)OC)cc2)[C@H]1CCOCCOCCO. The average Bonchev–Trinajstić information content (AvgIpc) is 2.94. The minimum absolute atomic E-state index is 0.0436. The first kappa shape index (κ1) is 29.1. The van der Waals surface area contributed by atoms with E-state index in [0.29, 0.717) is 38.4 Å². The van der Waals surface area contributed by atoms with Gasteiger partial charge in [-0.15, -0.1) is 0 Å². The number of carbonyl (C=O) groups excluding carboxylic acids is 2. The number of amides is 1. The second-order valence-corrected chi connectivity index (χ2v) is 8.48. The highest BCUT2D eigenvalue weighted by molar-refractivity contribution is 6.03. The molecule has 10 heteroatoms. The van der Waals surface area contributed by atoms with E-state index in [1.54, 1.807) is 36.4 Å². The Hall–Kier alpha value is -3.44. The van der Waals surface area contributed by atoms with E-state index < -0.39 is 18.2 Å². The maximum atomic E-state index is 13.1. The number of allylic oxidation sites excluding steroid dienone is 1. The molecular weight excluding hydrogens is 494 g/mol. The third-order valence-corrected chi connectivity index (χ3v) is 6.01. The lowest BCUT2D eigenvalue weighted by atomic mass is 9.81. The van der Waals surface area contributed by atoms with Gasteiger partial charge in [0.1, 0.15) is 5.75 Å². The lowest BCUT2D eigenvalue weighted by Crippen LogP contribution is -2.38. The number of anilines is 1. The van der Waals surface area contributed by atoms with Crippen LogP contribution in [0.4, 0.5) is 5.69 Å². The standard InChI is InChI=1S/C28H35NO9/c1-3-37-28-21(12-14-35-16-17-36-15-13-30)22(19-8-10-20(11-9-19)27(33)34-2)18-25(38-28)26(32)29-23-6-4-5-7-24(23)31/h4-11,18,21-22,28,30-31H,3,12-17H2,1-2H3,(H,29,32)/t21-,22-,28-/m1/s1. The Morgan fingerprint density at radius 3 is 2.37 bits per heavy atom. The lowest BCUT2D eigenvalue weighted by molar-refractivity contribution is -0.166. The van der Waals surface area contributed by atoms with E-state index in [1.165, 1.54) is 13.2 Å². The minimum Gasteiger partial charge on any atom is -0.506 e. The fourth-order valence-corrected chi connectivity index (χ4v) is 4.15. The van der Waals surface area contributed by atoms with E-state index in [9.17, 15) is 14.7 Å². The summed E-state index contributed by atoms with van der Waals surface area (Å²) in [6.45, 7) is 3.55. The summed E-state index contributed by atoms with van der Waals surface area (Å²) in [5, 5.41) is 21.6. The van der Waals surface area contributed by atoms with Gasteiger partial charge < -0.3 is 39.2 Å². The third kappa shape index (κ3) is 8.03. The van der Waals surface area contributed by atoms with Crippen LogP contribution in [0.25, 0.3) is 0 Å². The van der Waals surface area contributed by atoms with Crippen molar-refractivity contribution in [1.29, 1.82) is 0 Å². The highest BCUT2D eigenvalue weighted by atomic mass is 16.7. The number of aromatic hydroxyl groups is 1. The molecule has 10 nitrogen and oxygen atoms in total. The molecule has 2 aromatic carbocycles. The van der Waals surface area contributed by atoms with E-state index >= 15 is 0 Å². The van der Waals surface area contributed by atoms with Crippen LogP contribution in [0.2, 0.25) is 0 Å². The summed E-state index contributed by atoms with van der Waals surface area (Å²) in [7, 11) is 1.32. The highest BCUT2D eigenvalue weighted by Gasteiger charge is 2.38. The Balaban J connectivity index is 1.85. The summed E-state index contributed by atoms with van der Waals surface area (Å²) in [5.41, 5.74) is 1.52. The zero-order valence-corrected chi connectivity index (χ0v) is 21.6. The molecule has 0 radical (unpaired) electrons. The molecule has 38 heavy (non-hydrogen) atoms. The van der Waals surface area contributed by atoms with Crippen LogP contribution in [0.5, 0.6) is 5.75 Å². The first-order valence-electron chi connectivity index (χ1n) is 12.5. The van der Waals surface area contributed by atoms with Gasteiger partial charge in [-0.2, -0.15) is 0 Å². The fraction of sp³-hybridized carbons (Fsp3) is 0.429. The van der Waals surface area contributed by atoms with Crippen molar-refractivity contribution in [3.05, 3.63) is 71.5 Å². The minimum atomic E-state index is -0.741. The van der Waals surface area contributed by atoms with Gasteiger partial charge in [-0.25, -0.2) is 4.79 Å². The molecule has 1 aliphatic rings. The number of carbonyl (C=O) groups is 2. The molecule has 1 amide bonds. The molecule has 3 N–H and O–H groups in total. The molecule has 0 aromatic heterocycles. The number of hydrogen-bond acceptors (Lipinski definition) is 9. The first-order chi connectivity index (χ1) is 18.5. The molecular formula is C28H35NO9. The molecule has 0 unspecified atom stereocenters. The number of esters is 1. The number of hydrogen-bond donors (Lipinski definition) is 3. The number of aliphatic hydroxyl groups excluding tert-OH is 1. The zero-order chi connectivity index (χ0) is 27.3. The van der Waals surface area contributed by atoms with E-state index in [2.05, 4.69) is 5.32 Å². The van der Waals surface area contributed by atoms with Crippen LogP contribution in [0.3, 0.4) is 0 Å². The molecule has 3 rings (SSSR count). The Morgan fingerprint density at radius 1 is 1.00 bits per heavy atom. The van der Waals surface area contributed by atoms with Gasteiger partial charge in [0.05, 0.1) is 44.8 Å². The number of rotatable bonds is 14. The molecule has 0 bridgehead atoms. The summed E-state index contributed by atoms with van der Waals surface area (Å²) in [6.07, 6.45) is 1.54. The number of ether oxygens (including phenoxy) is 5. The number of methoxy groups -OCH3 is 1. The molecule has 2 aromatic rings. The molecule has 0 spiro atoms. The Kier molecular flexibility index (Phi) is 11.6. The summed E-state index contributed by atoms with van der Waals surface area (Å²) < 4.78 is 27.7. The summed E-state index contributed by atoms with van der Waals surface area (Å²) in [4.78, 5) is 25.1. The van der Waals surface area contributed by atoms with Gasteiger partial charge in [-0.05, 0) is 49.2 Å². The van der Waals surface area contributed by atoms with Gasteiger partial charge in [0, 0.05) is 25.0 Å². The van der Waals surface area contributed by atoms with E-state index in [4.69, 9.17) is 28.8 Å². The number of benzene rings is 2. The van der Waals surface area contributed by atoms with Crippen LogP contribution in [0.15, 0.2) is 60.4 Å². The van der Waals surface area contributed by atoms with Gasteiger partial charge in [-0.3, -0.25) is 4.79 Å². The van der Waals surface area contributed by atoms with Gasteiger partial charge in [0.25, 0.3) is 5.91 Å². The van der Waals surface area contributed by atoms with Crippen LogP contribution in [-0.4, -0.2) is 75.1 Å². The first-order valence-corrected chi connectivity index (χ1v) is 12.5. The van der Waals surface area contributed by atoms with Crippen molar-refractivity contribution in [2.24, 2.45) is 5.92 Å². The second-order valence-electron chi connectivity index (χ2n) is 8.48. The average molecular weight is 530 g/mol. The topological polar surface area (TPSA) is 133 Å². The maximum Gasteiger partial charge on any atom is 0.337 e. The van der Waals surface area contributed by atoms with Gasteiger partial charge in [-0.1, -0.05) is 24.3 Å². The van der Waals surface area contributed by atoms with Crippen LogP contribution in [-0.2, 0) is 28.5 Å². The Bertz CT molecular complexity index is 1070. The van der Waals surface area contributed by atoms with Crippen molar-refractivity contribution >= 4 is 17.6 Å². The quantitative estimate of drug-likeness (QED) is 0.192. The largest absolute Gasteiger partial charge is 0.506 e. The third-order valence-electron chi connectivity index (χ3n) is 6.01. The Labute approximate surface area is 222 Å². The van der Waals surface area contributed by atoms with E-state index in [-0.39, 0.29) is 42.2 Å². The van der Waals surface area contributed by atoms with E-state index in [0.717, 1.165) is 5.56 Å². The zero-order valence-electron chi connectivity index (χ0n) is 21.6. The van der Waals surface area contributed by atoms with Gasteiger partial charge in [0.15, 0.2) is 5.76 Å². The van der Waals surface area contributed by atoms with Crippen molar-refractivity contribution in [3.8, 4) is 5.75 Å². The van der Waals surface area contributed by atoms with Crippen molar-refractivity contribution in [1.82, 2.24) is 0 Å². The van der Waals surface area contributed by atoms with E-state index in [1.807, 2.05) is 19.1 Å². The molecule has 206 valence electrons. The van der Waals surface area contributed by atoms with Crippen LogP contribution in [0.1, 0.15) is 35.2 Å². The number of aliphatic hydroxyl groups is 1. The molecule has 1 heterocycles. The van der Waals surface area contributed by atoms with Crippen LogP contribution < -0.4 is 5.32 Å². The summed E-state index contributed by atoms with van der Waals surface area (Å²) in [6, 6.07) is 13.4. The predicted octanol–water partition coefficient (Wildman–Crippen LogP) is 3.21. The normalized spacial score (nSPS) is 18.8. The number of phenols is 1.